The standard InChI is InChI=1S/C12H22N4O2/c1-10(2)15-8-11-13-4-6-16(11)9-12(17)14-5-7-18-3/h4,6,10,15H,5,7-9H2,1-3H3,(H,14,17). The maximum Gasteiger partial charge on any atom is 0.240 e. The Bertz CT molecular complexity index is 363. The third kappa shape index (κ3) is 5.29. The first-order chi connectivity index (χ1) is 8.63. The van der Waals surface area contributed by atoms with Crippen molar-refractivity contribution in [2.24, 2.45) is 0 Å². The van der Waals surface area contributed by atoms with Gasteiger partial charge in [0.1, 0.15) is 12.4 Å². The second-order valence-electron chi connectivity index (χ2n) is 4.35. The molecule has 0 aliphatic rings. The number of carbonyl (C=O) groups excluding carboxylic acids is 1. The fourth-order valence-corrected chi connectivity index (χ4v) is 1.45. The van der Waals surface area contributed by atoms with Crippen molar-refractivity contribution in [3.63, 3.8) is 0 Å². The summed E-state index contributed by atoms with van der Waals surface area (Å²) < 4.78 is 6.72. The number of hydrogen-bond acceptors (Lipinski definition) is 4. The van der Waals surface area contributed by atoms with Crippen LogP contribution in [0.5, 0.6) is 0 Å². The molecule has 1 rings (SSSR count). The molecule has 1 heterocycles. The molecule has 102 valence electrons. The van der Waals surface area contributed by atoms with Gasteiger partial charge in [0.15, 0.2) is 0 Å². The van der Waals surface area contributed by atoms with Gasteiger partial charge in [0, 0.05) is 32.1 Å². The smallest absolute Gasteiger partial charge is 0.240 e. The number of imidazole rings is 1. The van der Waals surface area contributed by atoms with Crippen molar-refractivity contribution in [2.45, 2.75) is 33.0 Å². The Kier molecular flexibility index (Phi) is 6.38. The van der Waals surface area contributed by atoms with Crippen LogP contribution in [0.2, 0.25) is 0 Å². The number of amides is 1. The molecular formula is C12H22N4O2. The lowest BCUT2D eigenvalue weighted by molar-refractivity contribution is -0.121. The van der Waals surface area contributed by atoms with Gasteiger partial charge in [0.2, 0.25) is 5.91 Å². The van der Waals surface area contributed by atoms with Crippen LogP contribution in [-0.2, 0) is 22.6 Å². The van der Waals surface area contributed by atoms with Crippen molar-refractivity contribution >= 4 is 5.91 Å². The Morgan fingerprint density at radius 2 is 2.33 bits per heavy atom. The molecule has 0 aliphatic heterocycles. The van der Waals surface area contributed by atoms with Crippen LogP contribution < -0.4 is 10.6 Å². The zero-order chi connectivity index (χ0) is 13.4. The van der Waals surface area contributed by atoms with E-state index >= 15 is 0 Å². The number of nitrogens with one attached hydrogen (secondary N) is 2. The van der Waals surface area contributed by atoms with Crippen LogP contribution in [0, 0.1) is 0 Å². The molecule has 6 heteroatoms. The topological polar surface area (TPSA) is 68.2 Å². The summed E-state index contributed by atoms with van der Waals surface area (Å²) in [6.45, 7) is 6.16. The van der Waals surface area contributed by atoms with E-state index in [0.29, 0.717) is 32.3 Å². The van der Waals surface area contributed by atoms with Gasteiger partial charge in [0.05, 0.1) is 13.2 Å². The van der Waals surface area contributed by atoms with Crippen LogP contribution in [0.15, 0.2) is 12.4 Å². The molecule has 0 spiro atoms. The van der Waals surface area contributed by atoms with Gasteiger partial charge in [0.25, 0.3) is 0 Å². The highest BCUT2D eigenvalue weighted by molar-refractivity contribution is 5.75. The highest BCUT2D eigenvalue weighted by Crippen LogP contribution is 1.98. The summed E-state index contributed by atoms with van der Waals surface area (Å²) in [5, 5.41) is 6.06. The summed E-state index contributed by atoms with van der Waals surface area (Å²) in [7, 11) is 1.61. The van der Waals surface area contributed by atoms with E-state index in [1.807, 2.05) is 10.8 Å². The number of aromatic nitrogens is 2. The number of carbonyl (C=O) groups is 1. The average Bonchev–Trinajstić information content (AvgIpc) is 2.74. The Hall–Kier alpha value is -1.40. The molecule has 2 N–H and O–H groups in total. The van der Waals surface area contributed by atoms with Gasteiger partial charge >= 0.3 is 0 Å². The van der Waals surface area contributed by atoms with Gasteiger partial charge in [-0.1, -0.05) is 13.8 Å². The molecule has 0 radical (unpaired) electrons. The molecule has 0 fully saturated rings. The minimum absolute atomic E-state index is 0.0316. The first kappa shape index (κ1) is 14.7. The molecule has 6 nitrogen and oxygen atoms in total. The lowest BCUT2D eigenvalue weighted by Gasteiger charge is -2.11. The van der Waals surface area contributed by atoms with Gasteiger partial charge in [-0.3, -0.25) is 4.79 Å². The van der Waals surface area contributed by atoms with Gasteiger partial charge in [-0.25, -0.2) is 4.98 Å². The van der Waals surface area contributed by atoms with Crippen LogP contribution in [-0.4, -0.2) is 41.8 Å². The summed E-state index contributed by atoms with van der Waals surface area (Å²) in [5.74, 6) is 0.835. The second kappa shape index (κ2) is 7.84. The predicted molar refractivity (Wildman–Crippen MR) is 69.1 cm³/mol. The van der Waals surface area contributed by atoms with Crippen LogP contribution >= 0.6 is 0 Å². The van der Waals surface area contributed by atoms with Crippen LogP contribution in [0.4, 0.5) is 0 Å². The third-order valence-corrected chi connectivity index (χ3v) is 2.41. The number of hydrogen-bond donors (Lipinski definition) is 2. The molecule has 1 aromatic heterocycles. The molecule has 18 heavy (non-hydrogen) atoms. The zero-order valence-electron chi connectivity index (χ0n) is 11.3. The van der Waals surface area contributed by atoms with E-state index in [1.54, 1.807) is 13.3 Å². The lowest BCUT2D eigenvalue weighted by atomic mass is 10.4. The van der Waals surface area contributed by atoms with E-state index in [0.717, 1.165) is 5.82 Å². The lowest BCUT2D eigenvalue weighted by Crippen LogP contribution is -2.31. The van der Waals surface area contributed by atoms with Crippen molar-refractivity contribution in [1.29, 1.82) is 0 Å². The van der Waals surface area contributed by atoms with E-state index in [1.165, 1.54) is 0 Å². The fourth-order valence-electron chi connectivity index (χ4n) is 1.45. The van der Waals surface area contributed by atoms with Crippen molar-refractivity contribution < 1.29 is 9.53 Å². The number of ether oxygens (including phenoxy) is 1. The van der Waals surface area contributed by atoms with Crippen molar-refractivity contribution in [2.75, 3.05) is 20.3 Å². The molecule has 0 aromatic carbocycles. The first-order valence-corrected chi connectivity index (χ1v) is 6.12. The summed E-state index contributed by atoms with van der Waals surface area (Å²) in [6.07, 6.45) is 3.52. The van der Waals surface area contributed by atoms with Crippen LogP contribution in [0.1, 0.15) is 19.7 Å². The van der Waals surface area contributed by atoms with E-state index in [2.05, 4.69) is 29.5 Å². The molecule has 0 aliphatic carbocycles. The highest BCUT2D eigenvalue weighted by Gasteiger charge is 2.07. The summed E-state index contributed by atoms with van der Waals surface area (Å²) in [6, 6.07) is 0.394. The average molecular weight is 254 g/mol. The fraction of sp³-hybridized carbons (Fsp3) is 0.667. The maximum absolute atomic E-state index is 11.6. The normalized spacial score (nSPS) is 10.9. The maximum atomic E-state index is 11.6. The molecule has 0 bridgehead atoms. The largest absolute Gasteiger partial charge is 0.383 e. The van der Waals surface area contributed by atoms with Crippen LogP contribution in [0.3, 0.4) is 0 Å². The highest BCUT2D eigenvalue weighted by atomic mass is 16.5. The van der Waals surface area contributed by atoms with Crippen molar-refractivity contribution in [1.82, 2.24) is 20.2 Å². The SMILES string of the molecule is COCCNC(=O)Cn1ccnc1CNC(C)C. The zero-order valence-corrected chi connectivity index (χ0v) is 11.3. The minimum atomic E-state index is -0.0316. The monoisotopic (exact) mass is 254 g/mol. The third-order valence-electron chi connectivity index (χ3n) is 2.41. The van der Waals surface area contributed by atoms with E-state index in [4.69, 9.17) is 4.74 Å². The Morgan fingerprint density at radius 3 is 3.00 bits per heavy atom. The molecule has 1 aromatic rings. The molecule has 0 unspecified atom stereocenters. The molecule has 0 atom stereocenters. The van der Waals surface area contributed by atoms with Gasteiger partial charge < -0.3 is 19.9 Å². The second-order valence-corrected chi connectivity index (χ2v) is 4.35. The first-order valence-electron chi connectivity index (χ1n) is 6.12. The summed E-state index contributed by atoms with van der Waals surface area (Å²) in [4.78, 5) is 15.9. The van der Waals surface area contributed by atoms with Crippen LogP contribution in [0.25, 0.3) is 0 Å². The predicted octanol–water partition coefficient (Wildman–Crippen LogP) is 0.144. The molecular weight excluding hydrogens is 232 g/mol. The van der Waals surface area contributed by atoms with E-state index < -0.39 is 0 Å². The van der Waals surface area contributed by atoms with E-state index in [-0.39, 0.29) is 5.91 Å². The number of rotatable bonds is 8. The quantitative estimate of drug-likeness (QED) is 0.648. The van der Waals surface area contributed by atoms with Gasteiger partial charge in [-0.05, 0) is 0 Å². The van der Waals surface area contributed by atoms with Gasteiger partial charge in [-0.2, -0.15) is 0 Å². The summed E-state index contributed by atoms with van der Waals surface area (Å²) >= 11 is 0. The Morgan fingerprint density at radius 1 is 1.56 bits per heavy atom. The Labute approximate surface area is 108 Å². The number of methoxy groups -OCH3 is 1. The van der Waals surface area contributed by atoms with Crippen molar-refractivity contribution in [3.05, 3.63) is 18.2 Å². The molecule has 1 amide bonds. The molecule has 0 saturated carbocycles. The Balaban J connectivity index is 2.41. The molecule has 0 saturated heterocycles. The number of nitrogens with zero attached hydrogens (tertiary/aromatic N) is 2. The summed E-state index contributed by atoms with van der Waals surface area (Å²) in [5.41, 5.74) is 0. The van der Waals surface area contributed by atoms with E-state index in [9.17, 15) is 4.79 Å². The van der Waals surface area contributed by atoms with Gasteiger partial charge in [-0.15, -0.1) is 0 Å². The minimum Gasteiger partial charge on any atom is -0.383 e. The van der Waals surface area contributed by atoms with Crippen molar-refractivity contribution in [3.8, 4) is 0 Å².